The molecule has 4 heteroatoms. The molecule has 1 aromatic heterocycles. The molecule has 0 spiro atoms. The van der Waals surface area contributed by atoms with Gasteiger partial charge >= 0.3 is 0 Å². The van der Waals surface area contributed by atoms with Gasteiger partial charge in [0.05, 0.1) is 11.6 Å². The van der Waals surface area contributed by atoms with Crippen molar-refractivity contribution in [1.29, 1.82) is 0 Å². The van der Waals surface area contributed by atoms with Gasteiger partial charge in [-0.1, -0.05) is 24.3 Å². The topological polar surface area (TPSA) is 42.0 Å². The van der Waals surface area contributed by atoms with E-state index in [1.807, 2.05) is 0 Å². The highest BCUT2D eigenvalue weighted by Gasteiger charge is 2.33. The number of nitrogens with zero attached hydrogens (tertiary/aromatic N) is 1. The highest BCUT2D eigenvalue weighted by Crippen LogP contribution is 2.36. The Kier molecular flexibility index (Phi) is 5.04. The molecular weight excluding hydrogens is 303 g/mol. The van der Waals surface area contributed by atoms with Gasteiger partial charge in [0, 0.05) is 12.4 Å². The molecule has 1 N–H and O–H groups in total. The fourth-order valence-electron chi connectivity index (χ4n) is 2.82. The lowest BCUT2D eigenvalue weighted by molar-refractivity contribution is 0.0937. The summed E-state index contributed by atoms with van der Waals surface area (Å²) in [5, 5.41) is 3.10. The Morgan fingerprint density at radius 2 is 2.04 bits per heavy atom. The summed E-state index contributed by atoms with van der Waals surface area (Å²) in [7, 11) is 0. The minimum Gasteiger partial charge on any atom is -0.345 e. The minimum atomic E-state index is -0.225. The summed E-state index contributed by atoms with van der Waals surface area (Å²) >= 11 is 0. The molecule has 1 aliphatic rings. The van der Waals surface area contributed by atoms with E-state index < -0.39 is 0 Å². The van der Waals surface area contributed by atoms with Gasteiger partial charge in [0.2, 0.25) is 0 Å². The van der Waals surface area contributed by atoms with Crippen LogP contribution in [0.3, 0.4) is 0 Å². The molecular formula is C20H21FN2O. The third-order valence-electron chi connectivity index (χ3n) is 4.39. The number of amides is 1. The van der Waals surface area contributed by atoms with Crippen molar-refractivity contribution in [2.24, 2.45) is 5.92 Å². The fourth-order valence-corrected chi connectivity index (χ4v) is 2.82. The van der Waals surface area contributed by atoms with Gasteiger partial charge < -0.3 is 5.32 Å². The maximum absolute atomic E-state index is 13.0. The van der Waals surface area contributed by atoms with Gasteiger partial charge in [-0.15, -0.1) is 0 Å². The van der Waals surface area contributed by atoms with Crippen LogP contribution < -0.4 is 5.32 Å². The van der Waals surface area contributed by atoms with Gasteiger partial charge in [-0.05, 0) is 61.4 Å². The maximum atomic E-state index is 13.0. The number of nitrogens with one attached hydrogen (secondary N) is 1. The van der Waals surface area contributed by atoms with Gasteiger partial charge in [0.15, 0.2) is 0 Å². The van der Waals surface area contributed by atoms with E-state index in [9.17, 15) is 9.18 Å². The van der Waals surface area contributed by atoms with Crippen LogP contribution in [0.1, 0.15) is 35.2 Å². The van der Waals surface area contributed by atoms with Crippen LogP contribution in [0.5, 0.6) is 0 Å². The molecule has 1 fully saturated rings. The van der Waals surface area contributed by atoms with E-state index in [4.69, 9.17) is 0 Å². The van der Waals surface area contributed by atoms with E-state index in [0.717, 1.165) is 36.8 Å². The predicted molar refractivity (Wildman–Crippen MR) is 92.1 cm³/mol. The third kappa shape index (κ3) is 4.28. The Hall–Kier alpha value is -2.49. The second-order valence-electron chi connectivity index (χ2n) is 6.31. The minimum absolute atomic E-state index is 0.00171. The lowest BCUT2D eigenvalue weighted by atomic mass is 9.96. The van der Waals surface area contributed by atoms with Gasteiger partial charge in [-0.2, -0.15) is 0 Å². The van der Waals surface area contributed by atoms with Gasteiger partial charge in [-0.25, -0.2) is 4.39 Å². The van der Waals surface area contributed by atoms with Gasteiger partial charge in [0.1, 0.15) is 5.82 Å². The molecule has 1 amide bonds. The van der Waals surface area contributed by atoms with Crippen molar-refractivity contribution in [2.75, 3.05) is 0 Å². The third-order valence-corrected chi connectivity index (χ3v) is 4.39. The first-order valence-electron chi connectivity index (χ1n) is 8.26. The van der Waals surface area contributed by atoms with Crippen molar-refractivity contribution in [3.8, 4) is 0 Å². The second kappa shape index (κ2) is 7.39. The summed E-state index contributed by atoms with van der Waals surface area (Å²) in [6.07, 6.45) is 7.03. The molecule has 1 atom stereocenters. The summed E-state index contributed by atoms with van der Waals surface area (Å²) in [5.74, 6) is 0.145. The van der Waals surface area contributed by atoms with Crippen LogP contribution in [0.2, 0.25) is 0 Å². The summed E-state index contributed by atoms with van der Waals surface area (Å²) in [6, 6.07) is 10.0. The number of aromatic nitrogens is 1. The Morgan fingerprint density at radius 3 is 2.67 bits per heavy atom. The van der Waals surface area contributed by atoms with Crippen molar-refractivity contribution in [1.82, 2.24) is 10.3 Å². The van der Waals surface area contributed by atoms with Crippen LogP contribution in [0.25, 0.3) is 0 Å². The molecule has 1 saturated carbocycles. The van der Waals surface area contributed by atoms with E-state index >= 15 is 0 Å². The number of hydrogen-bond donors (Lipinski definition) is 1. The molecule has 1 heterocycles. The van der Waals surface area contributed by atoms with Crippen molar-refractivity contribution in [3.05, 3.63) is 77.9 Å². The number of aryl methyl sites for hydroxylation is 1. The number of benzene rings is 1. The molecule has 3 rings (SSSR count). The number of halogens is 1. The fraction of sp³-hybridized carbons (Fsp3) is 0.300. The van der Waals surface area contributed by atoms with E-state index in [1.165, 1.54) is 12.1 Å². The monoisotopic (exact) mass is 324 g/mol. The molecule has 124 valence electrons. The molecule has 2 aromatic rings. The van der Waals surface area contributed by atoms with Crippen LogP contribution in [-0.2, 0) is 6.42 Å². The van der Waals surface area contributed by atoms with Crippen molar-refractivity contribution < 1.29 is 9.18 Å². The average Bonchev–Trinajstić information content (AvgIpc) is 3.44. The number of hydrogen-bond acceptors (Lipinski definition) is 2. The standard InChI is InChI=1S/C20H21FN2O/c1-14(4-5-15-6-10-18(21)11-7-15)19(16-8-9-16)23-20(24)17-3-2-12-22-13-17/h2-3,6-7,10-13,16,19H,1,4-5,8-9H2,(H,23,24). The first kappa shape index (κ1) is 16.4. The lowest BCUT2D eigenvalue weighted by Gasteiger charge is -2.21. The number of carbonyl (C=O) groups excluding carboxylic acids is 1. The number of rotatable bonds is 7. The van der Waals surface area contributed by atoms with Gasteiger partial charge in [0.25, 0.3) is 5.91 Å². The zero-order valence-corrected chi connectivity index (χ0v) is 13.5. The zero-order chi connectivity index (χ0) is 16.9. The Bertz CT molecular complexity index is 708. The lowest BCUT2D eigenvalue weighted by Crippen LogP contribution is -2.37. The first-order valence-corrected chi connectivity index (χ1v) is 8.26. The van der Waals surface area contributed by atoms with Crippen molar-refractivity contribution in [3.63, 3.8) is 0 Å². The Labute approximate surface area is 141 Å². The summed E-state index contributed by atoms with van der Waals surface area (Å²) in [5.41, 5.74) is 2.67. The van der Waals surface area contributed by atoms with Crippen molar-refractivity contribution in [2.45, 2.75) is 31.7 Å². The van der Waals surface area contributed by atoms with E-state index in [2.05, 4.69) is 16.9 Å². The van der Waals surface area contributed by atoms with E-state index in [0.29, 0.717) is 11.5 Å². The summed E-state index contributed by atoms with van der Waals surface area (Å²) in [6.45, 7) is 4.19. The number of carbonyl (C=O) groups is 1. The molecule has 1 aliphatic carbocycles. The van der Waals surface area contributed by atoms with Crippen LogP contribution in [0.4, 0.5) is 4.39 Å². The molecule has 0 aliphatic heterocycles. The molecule has 1 unspecified atom stereocenters. The molecule has 0 bridgehead atoms. The highest BCUT2D eigenvalue weighted by atomic mass is 19.1. The molecule has 1 aromatic carbocycles. The maximum Gasteiger partial charge on any atom is 0.253 e. The normalized spacial score (nSPS) is 14.9. The van der Waals surface area contributed by atoms with E-state index in [-0.39, 0.29) is 17.8 Å². The van der Waals surface area contributed by atoms with Crippen LogP contribution in [0.15, 0.2) is 60.9 Å². The van der Waals surface area contributed by atoms with Crippen molar-refractivity contribution >= 4 is 5.91 Å². The number of pyridine rings is 1. The molecule has 3 nitrogen and oxygen atoms in total. The largest absolute Gasteiger partial charge is 0.345 e. The van der Waals surface area contributed by atoms with Crippen LogP contribution >= 0.6 is 0 Å². The second-order valence-corrected chi connectivity index (χ2v) is 6.31. The van der Waals surface area contributed by atoms with Crippen LogP contribution in [0, 0.1) is 11.7 Å². The molecule has 0 saturated heterocycles. The molecule has 0 radical (unpaired) electrons. The molecule has 24 heavy (non-hydrogen) atoms. The Morgan fingerprint density at radius 1 is 1.29 bits per heavy atom. The Balaban J connectivity index is 1.59. The highest BCUT2D eigenvalue weighted by molar-refractivity contribution is 5.94. The zero-order valence-electron chi connectivity index (χ0n) is 13.5. The smallest absolute Gasteiger partial charge is 0.253 e. The average molecular weight is 324 g/mol. The summed E-state index contributed by atoms with van der Waals surface area (Å²) < 4.78 is 13.0. The summed E-state index contributed by atoms with van der Waals surface area (Å²) in [4.78, 5) is 16.4. The van der Waals surface area contributed by atoms with Gasteiger partial charge in [-0.3, -0.25) is 9.78 Å². The SMILES string of the molecule is C=C(CCc1ccc(F)cc1)C(NC(=O)c1cccnc1)C1CC1. The quantitative estimate of drug-likeness (QED) is 0.784. The van der Waals surface area contributed by atoms with E-state index in [1.54, 1.807) is 36.7 Å². The first-order chi connectivity index (χ1) is 11.6. The van der Waals surface area contributed by atoms with Crippen LogP contribution in [-0.4, -0.2) is 16.9 Å². The predicted octanol–water partition coefficient (Wildman–Crippen LogP) is 3.92.